The van der Waals surface area contributed by atoms with Crippen LogP contribution in [0.4, 0.5) is 0 Å². The Morgan fingerprint density at radius 2 is 1.10 bits per heavy atom. The molecule has 6 nitrogen and oxygen atoms in total. The lowest BCUT2D eigenvalue weighted by Crippen LogP contribution is -2.16. The highest BCUT2D eigenvalue weighted by Crippen LogP contribution is 2.03. The van der Waals surface area contributed by atoms with Crippen LogP contribution < -0.4 is 0 Å². The average Bonchev–Trinajstić information content (AvgIpc) is 2.47. The predicted octanol–water partition coefficient (Wildman–Crippen LogP) is -0.808. The van der Waals surface area contributed by atoms with E-state index < -0.39 is 12.2 Å². The summed E-state index contributed by atoms with van der Waals surface area (Å²) in [7, 11) is 0. The van der Waals surface area contributed by atoms with Crippen molar-refractivity contribution in [2.75, 3.05) is 62.7 Å². The molecule has 0 saturated heterocycles. The first-order valence-corrected chi connectivity index (χ1v) is 8.90. The molecule has 0 spiro atoms. The fraction of sp³-hybridized carbons (Fsp3) is 1.00. The summed E-state index contributed by atoms with van der Waals surface area (Å²) in [6, 6.07) is 0. The van der Waals surface area contributed by atoms with Crippen LogP contribution >= 0.6 is 23.5 Å². The molecule has 0 bridgehead atoms. The van der Waals surface area contributed by atoms with E-state index in [4.69, 9.17) is 29.9 Å². The van der Waals surface area contributed by atoms with Gasteiger partial charge in [-0.3, -0.25) is 0 Å². The van der Waals surface area contributed by atoms with Crippen molar-refractivity contribution in [3.63, 3.8) is 0 Å². The maximum atomic E-state index is 9.09. The van der Waals surface area contributed by atoms with E-state index in [9.17, 15) is 0 Å². The van der Waals surface area contributed by atoms with E-state index in [-0.39, 0.29) is 13.2 Å². The van der Waals surface area contributed by atoms with Gasteiger partial charge in [0.25, 0.3) is 0 Å². The average molecular weight is 330 g/mol. The minimum Gasteiger partial charge on any atom is -0.394 e. The zero-order valence-corrected chi connectivity index (χ0v) is 13.3. The van der Waals surface area contributed by atoms with Gasteiger partial charge in [0.2, 0.25) is 0 Å². The van der Waals surface area contributed by atoms with E-state index in [1.807, 2.05) is 0 Å². The Hall–Kier alpha value is 0.460. The van der Waals surface area contributed by atoms with Crippen LogP contribution in [0.15, 0.2) is 0 Å². The minimum absolute atomic E-state index is 0.199. The second-order valence-corrected chi connectivity index (χ2v) is 6.35. The third kappa shape index (κ3) is 14.9. The molecule has 0 amide bonds. The monoisotopic (exact) mass is 330 g/mol. The van der Waals surface area contributed by atoms with Gasteiger partial charge in [0.05, 0.1) is 51.8 Å². The Morgan fingerprint density at radius 1 is 0.700 bits per heavy atom. The lowest BCUT2D eigenvalue weighted by Gasteiger charge is -2.08. The second-order valence-electron chi connectivity index (χ2n) is 4.05. The third-order valence-corrected chi connectivity index (χ3v) is 4.31. The molecule has 0 aliphatic heterocycles. The number of aliphatic hydroxyl groups is 4. The molecule has 0 aromatic heterocycles. The van der Waals surface area contributed by atoms with E-state index >= 15 is 0 Å². The highest BCUT2D eigenvalue weighted by Gasteiger charge is 2.02. The number of ether oxygens (including phenoxy) is 2. The summed E-state index contributed by atoms with van der Waals surface area (Å²) in [5.74, 6) is 2.61. The Morgan fingerprint density at radius 3 is 1.45 bits per heavy atom. The molecule has 2 atom stereocenters. The van der Waals surface area contributed by atoms with Crippen LogP contribution in [0.2, 0.25) is 0 Å². The molecule has 2 unspecified atom stereocenters. The summed E-state index contributed by atoms with van der Waals surface area (Å²) in [5, 5.41) is 35.4. The molecule has 0 aromatic carbocycles. The number of rotatable bonds is 15. The van der Waals surface area contributed by atoms with Crippen molar-refractivity contribution in [3.8, 4) is 0 Å². The van der Waals surface area contributed by atoms with Gasteiger partial charge in [0.1, 0.15) is 0 Å². The SMILES string of the molecule is OCC(O)CSCCOCCOCCSCC(O)CO. The Balaban J connectivity index is 3.03. The molecule has 0 aromatic rings. The minimum atomic E-state index is -0.648. The largest absolute Gasteiger partial charge is 0.394 e. The highest BCUT2D eigenvalue weighted by atomic mass is 32.2. The highest BCUT2D eigenvalue weighted by molar-refractivity contribution is 7.99. The van der Waals surface area contributed by atoms with E-state index in [1.165, 1.54) is 0 Å². The first-order valence-electron chi connectivity index (χ1n) is 6.59. The Labute approximate surface area is 128 Å². The first kappa shape index (κ1) is 20.5. The quantitative estimate of drug-likeness (QED) is 0.290. The van der Waals surface area contributed by atoms with Crippen LogP contribution in [0.25, 0.3) is 0 Å². The topological polar surface area (TPSA) is 99.4 Å². The summed E-state index contributed by atoms with van der Waals surface area (Å²) < 4.78 is 10.7. The van der Waals surface area contributed by atoms with Gasteiger partial charge < -0.3 is 29.9 Å². The number of thioether (sulfide) groups is 2. The second kappa shape index (κ2) is 15.8. The Bertz CT molecular complexity index is 179. The predicted molar refractivity (Wildman–Crippen MR) is 82.5 cm³/mol. The maximum Gasteiger partial charge on any atom is 0.0861 e. The van der Waals surface area contributed by atoms with Gasteiger partial charge in [0, 0.05) is 23.0 Å². The van der Waals surface area contributed by atoms with Gasteiger partial charge in [0.15, 0.2) is 0 Å². The smallest absolute Gasteiger partial charge is 0.0861 e. The van der Waals surface area contributed by atoms with Crippen molar-refractivity contribution in [3.05, 3.63) is 0 Å². The number of hydrogen-bond donors (Lipinski definition) is 4. The van der Waals surface area contributed by atoms with Gasteiger partial charge >= 0.3 is 0 Å². The molecule has 0 saturated carbocycles. The molecule has 0 aliphatic carbocycles. The molecular weight excluding hydrogens is 304 g/mol. The molecule has 0 fully saturated rings. The van der Waals surface area contributed by atoms with Gasteiger partial charge in [-0.15, -0.1) is 0 Å². The van der Waals surface area contributed by atoms with Crippen LogP contribution in [0, 0.1) is 0 Å². The van der Waals surface area contributed by atoms with Crippen molar-refractivity contribution in [1.82, 2.24) is 0 Å². The van der Waals surface area contributed by atoms with E-state index in [2.05, 4.69) is 0 Å². The molecule has 0 radical (unpaired) electrons. The summed E-state index contributed by atoms with van der Waals surface area (Å²) in [5.41, 5.74) is 0. The van der Waals surface area contributed by atoms with Crippen molar-refractivity contribution in [2.45, 2.75) is 12.2 Å². The Kier molecular flexibility index (Phi) is 16.2. The van der Waals surface area contributed by atoms with Crippen molar-refractivity contribution < 1.29 is 29.9 Å². The van der Waals surface area contributed by atoms with E-state index in [1.54, 1.807) is 23.5 Å². The lowest BCUT2D eigenvalue weighted by atomic mass is 10.4. The zero-order valence-electron chi connectivity index (χ0n) is 11.6. The molecule has 122 valence electrons. The lowest BCUT2D eigenvalue weighted by molar-refractivity contribution is 0.0603. The van der Waals surface area contributed by atoms with Gasteiger partial charge in [-0.2, -0.15) is 23.5 Å². The number of hydrogen-bond acceptors (Lipinski definition) is 8. The number of aliphatic hydroxyl groups excluding tert-OH is 4. The summed E-state index contributed by atoms with van der Waals surface area (Å²) >= 11 is 3.08. The molecule has 0 heterocycles. The maximum absolute atomic E-state index is 9.09. The molecule has 20 heavy (non-hydrogen) atoms. The first-order chi connectivity index (χ1) is 9.70. The van der Waals surface area contributed by atoms with Gasteiger partial charge in [-0.1, -0.05) is 0 Å². The van der Waals surface area contributed by atoms with Crippen LogP contribution in [0.3, 0.4) is 0 Å². The van der Waals surface area contributed by atoms with E-state index in [0.29, 0.717) is 37.9 Å². The third-order valence-electron chi connectivity index (χ3n) is 2.16. The normalized spacial score (nSPS) is 14.4. The molecule has 4 N–H and O–H groups in total. The fourth-order valence-electron chi connectivity index (χ4n) is 1.10. The fourth-order valence-corrected chi connectivity index (χ4v) is 2.66. The zero-order chi connectivity index (χ0) is 15.1. The van der Waals surface area contributed by atoms with Crippen LogP contribution in [-0.2, 0) is 9.47 Å². The van der Waals surface area contributed by atoms with Crippen molar-refractivity contribution in [2.24, 2.45) is 0 Å². The summed E-state index contributed by atoms with van der Waals surface area (Å²) in [6.07, 6.45) is -1.30. The van der Waals surface area contributed by atoms with Gasteiger partial charge in [-0.25, -0.2) is 0 Å². The van der Waals surface area contributed by atoms with E-state index in [0.717, 1.165) is 11.5 Å². The van der Waals surface area contributed by atoms with Crippen molar-refractivity contribution >= 4 is 23.5 Å². The molecule has 8 heteroatoms. The molecular formula is C12H26O6S2. The summed E-state index contributed by atoms with van der Waals surface area (Å²) in [4.78, 5) is 0. The van der Waals surface area contributed by atoms with Crippen LogP contribution in [0.1, 0.15) is 0 Å². The molecule has 0 rings (SSSR count). The van der Waals surface area contributed by atoms with Crippen LogP contribution in [-0.4, -0.2) is 95.3 Å². The molecule has 0 aliphatic rings. The standard InChI is InChI=1S/C12H26O6S2/c13-7-11(15)9-19-5-3-17-1-2-18-4-6-20-10-12(16)8-14/h11-16H,1-10H2. The van der Waals surface area contributed by atoms with Crippen molar-refractivity contribution in [1.29, 1.82) is 0 Å². The summed E-state index contributed by atoms with van der Waals surface area (Å²) in [6.45, 7) is 1.87. The van der Waals surface area contributed by atoms with Gasteiger partial charge in [-0.05, 0) is 0 Å². The van der Waals surface area contributed by atoms with Crippen LogP contribution in [0.5, 0.6) is 0 Å².